The number of benzene rings is 1. The van der Waals surface area contributed by atoms with Gasteiger partial charge >= 0.3 is 5.97 Å². The predicted octanol–water partition coefficient (Wildman–Crippen LogP) is 3.32. The van der Waals surface area contributed by atoms with Crippen LogP contribution in [0.15, 0.2) is 29.2 Å². The first-order valence-corrected chi connectivity index (χ1v) is 7.70. The SMILES string of the molecule is COC(=O)[C@H]1CC[C@H](C2NSc3ccccc32)CC1. The van der Waals surface area contributed by atoms with Crippen LogP contribution in [-0.4, -0.2) is 13.1 Å². The Labute approximate surface area is 118 Å². The van der Waals surface area contributed by atoms with Crippen LogP contribution in [0.4, 0.5) is 0 Å². The highest BCUT2D eigenvalue weighted by atomic mass is 32.2. The first-order chi connectivity index (χ1) is 9.29. The molecule has 1 N–H and O–H groups in total. The van der Waals surface area contributed by atoms with E-state index in [9.17, 15) is 4.79 Å². The number of carbonyl (C=O) groups excluding carboxylic acids is 1. The van der Waals surface area contributed by atoms with Crippen LogP contribution in [0.1, 0.15) is 37.3 Å². The molecule has 1 aliphatic carbocycles. The van der Waals surface area contributed by atoms with Gasteiger partial charge in [0, 0.05) is 10.9 Å². The van der Waals surface area contributed by atoms with Gasteiger partial charge in [-0.05, 0) is 55.2 Å². The molecule has 1 fully saturated rings. The van der Waals surface area contributed by atoms with Crippen molar-refractivity contribution in [2.24, 2.45) is 11.8 Å². The van der Waals surface area contributed by atoms with Gasteiger partial charge in [-0.15, -0.1) is 0 Å². The Morgan fingerprint density at radius 2 is 2.00 bits per heavy atom. The van der Waals surface area contributed by atoms with Crippen molar-refractivity contribution in [3.8, 4) is 0 Å². The molecule has 19 heavy (non-hydrogen) atoms. The van der Waals surface area contributed by atoms with Gasteiger partial charge in [0.15, 0.2) is 0 Å². The second kappa shape index (κ2) is 5.55. The van der Waals surface area contributed by atoms with Crippen molar-refractivity contribution in [1.82, 2.24) is 4.72 Å². The molecule has 1 heterocycles. The summed E-state index contributed by atoms with van der Waals surface area (Å²) in [4.78, 5) is 12.9. The van der Waals surface area contributed by atoms with Crippen LogP contribution >= 0.6 is 11.9 Å². The fraction of sp³-hybridized carbons (Fsp3) is 0.533. The standard InChI is InChI=1S/C15H19NO2S/c1-18-15(17)11-8-6-10(7-9-11)14-12-4-2-3-5-13(12)19-16-14/h2-5,10-11,14,16H,6-9H2,1H3/t10-,11-,14?. The minimum atomic E-state index is -0.0346. The van der Waals surface area contributed by atoms with Crippen LogP contribution in [-0.2, 0) is 9.53 Å². The molecule has 1 unspecified atom stereocenters. The maximum Gasteiger partial charge on any atom is 0.308 e. The number of fused-ring (bicyclic) bond motifs is 1. The van der Waals surface area contributed by atoms with E-state index in [2.05, 4.69) is 29.0 Å². The Balaban J connectivity index is 1.65. The third kappa shape index (κ3) is 2.51. The van der Waals surface area contributed by atoms with Gasteiger partial charge in [0.25, 0.3) is 0 Å². The quantitative estimate of drug-likeness (QED) is 0.665. The smallest absolute Gasteiger partial charge is 0.308 e. The molecular weight excluding hydrogens is 258 g/mol. The fourth-order valence-corrected chi connectivity index (χ4v) is 4.26. The van der Waals surface area contributed by atoms with E-state index < -0.39 is 0 Å². The van der Waals surface area contributed by atoms with E-state index in [0.717, 1.165) is 25.7 Å². The number of nitrogens with one attached hydrogen (secondary N) is 1. The van der Waals surface area contributed by atoms with Crippen molar-refractivity contribution < 1.29 is 9.53 Å². The number of ether oxygens (including phenoxy) is 1. The summed E-state index contributed by atoms with van der Waals surface area (Å²) in [5.41, 5.74) is 1.43. The van der Waals surface area contributed by atoms with Crippen LogP contribution in [0.3, 0.4) is 0 Å². The molecule has 0 spiro atoms. The first-order valence-electron chi connectivity index (χ1n) is 6.88. The number of carbonyl (C=O) groups is 1. The lowest BCUT2D eigenvalue weighted by Crippen LogP contribution is -2.28. The van der Waals surface area contributed by atoms with Gasteiger partial charge in [-0.25, -0.2) is 0 Å². The zero-order valence-corrected chi connectivity index (χ0v) is 11.9. The average Bonchev–Trinajstić information content (AvgIpc) is 2.90. The normalized spacial score (nSPS) is 29.8. The largest absolute Gasteiger partial charge is 0.469 e. The Morgan fingerprint density at radius 3 is 2.74 bits per heavy atom. The summed E-state index contributed by atoms with van der Waals surface area (Å²) in [6, 6.07) is 9.04. The molecule has 3 nitrogen and oxygen atoms in total. The van der Waals surface area contributed by atoms with Crippen LogP contribution in [0, 0.1) is 11.8 Å². The summed E-state index contributed by atoms with van der Waals surface area (Å²) in [6.45, 7) is 0. The zero-order chi connectivity index (χ0) is 13.2. The first kappa shape index (κ1) is 13.0. The topological polar surface area (TPSA) is 38.3 Å². The Morgan fingerprint density at radius 1 is 1.26 bits per heavy atom. The van der Waals surface area contributed by atoms with Gasteiger partial charge < -0.3 is 4.74 Å². The number of methoxy groups -OCH3 is 1. The summed E-state index contributed by atoms with van der Waals surface area (Å²) in [7, 11) is 1.49. The lowest BCUT2D eigenvalue weighted by atomic mass is 9.77. The highest BCUT2D eigenvalue weighted by Gasteiger charge is 2.34. The van der Waals surface area contributed by atoms with Crippen molar-refractivity contribution in [1.29, 1.82) is 0 Å². The van der Waals surface area contributed by atoms with E-state index >= 15 is 0 Å². The molecule has 0 saturated heterocycles. The van der Waals surface area contributed by atoms with E-state index in [-0.39, 0.29) is 11.9 Å². The number of rotatable bonds is 2. The van der Waals surface area contributed by atoms with Crippen molar-refractivity contribution in [2.45, 2.75) is 36.6 Å². The molecule has 0 radical (unpaired) electrons. The summed E-state index contributed by atoms with van der Waals surface area (Å²) < 4.78 is 8.40. The van der Waals surface area contributed by atoms with E-state index in [1.165, 1.54) is 17.6 Å². The number of esters is 1. The monoisotopic (exact) mass is 277 g/mol. The van der Waals surface area contributed by atoms with E-state index in [4.69, 9.17) is 4.74 Å². The maximum absolute atomic E-state index is 11.6. The lowest BCUT2D eigenvalue weighted by molar-refractivity contribution is -0.146. The zero-order valence-electron chi connectivity index (χ0n) is 11.1. The second-order valence-corrected chi connectivity index (χ2v) is 6.25. The van der Waals surface area contributed by atoms with Gasteiger partial charge in [0.1, 0.15) is 0 Å². The molecule has 0 bridgehead atoms. The predicted molar refractivity (Wildman–Crippen MR) is 75.6 cm³/mol. The lowest BCUT2D eigenvalue weighted by Gasteiger charge is -2.31. The Kier molecular flexibility index (Phi) is 3.80. The molecule has 1 saturated carbocycles. The van der Waals surface area contributed by atoms with Crippen molar-refractivity contribution in [3.05, 3.63) is 29.8 Å². The van der Waals surface area contributed by atoms with Crippen molar-refractivity contribution in [3.63, 3.8) is 0 Å². The minimum absolute atomic E-state index is 0.0346. The summed E-state index contributed by atoms with van der Waals surface area (Å²) in [5, 5.41) is 0. The third-order valence-corrected chi connectivity index (χ3v) is 5.29. The van der Waals surface area contributed by atoms with Gasteiger partial charge in [0.2, 0.25) is 0 Å². The summed E-state index contributed by atoms with van der Waals surface area (Å²) in [6.07, 6.45) is 4.13. The van der Waals surface area contributed by atoms with Gasteiger partial charge in [-0.3, -0.25) is 9.52 Å². The van der Waals surface area contributed by atoms with Crippen LogP contribution < -0.4 is 4.72 Å². The highest BCUT2D eigenvalue weighted by Crippen LogP contribution is 2.44. The second-order valence-electron chi connectivity index (χ2n) is 5.37. The van der Waals surface area contributed by atoms with E-state index in [0.29, 0.717) is 12.0 Å². The summed E-state index contributed by atoms with van der Waals surface area (Å²) >= 11 is 1.74. The van der Waals surface area contributed by atoms with Crippen LogP contribution in [0.2, 0.25) is 0 Å². The van der Waals surface area contributed by atoms with Gasteiger partial charge in [-0.2, -0.15) is 0 Å². The molecule has 1 aromatic rings. The third-order valence-electron chi connectivity index (χ3n) is 4.33. The summed E-state index contributed by atoms with van der Waals surface area (Å²) in [5.74, 6) is 0.718. The van der Waals surface area contributed by atoms with Gasteiger partial charge in [-0.1, -0.05) is 18.2 Å². The molecule has 4 heteroatoms. The van der Waals surface area contributed by atoms with Crippen molar-refractivity contribution >= 4 is 17.9 Å². The van der Waals surface area contributed by atoms with E-state index in [1.807, 2.05) is 0 Å². The molecule has 0 aromatic heterocycles. The molecule has 102 valence electrons. The molecule has 1 aliphatic heterocycles. The number of hydrogen-bond acceptors (Lipinski definition) is 4. The minimum Gasteiger partial charge on any atom is -0.469 e. The molecular formula is C15H19NO2S. The van der Waals surface area contributed by atoms with Gasteiger partial charge in [0.05, 0.1) is 13.0 Å². The molecule has 1 atom stereocenters. The molecule has 1 aromatic carbocycles. The molecule has 2 aliphatic rings. The van der Waals surface area contributed by atoms with E-state index in [1.54, 1.807) is 11.9 Å². The highest BCUT2D eigenvalue weighted by molar-refractivity contribution is 7.97. The molecule has 0 amide bonds. The van der Waals surface area contributed by atoms with Crippen molar-refractivity contribution in [2.75, 3.05) is 7.11 Å². The Hall–Kier alpha value is -1.00. The Bertz CT molecular complexity index is 469. The fourth-order valence-electron chi connectivity index (χ4n) is 3.23. The van der Waals surface area contributed by atoms with Crippen LogP contribution in [0.5, 0.6) is 0 Å². The average molecular weight is 277 g/mol. The van der Waals surface area contributed by atoms with Crippen LogP contribution in [0.25, 0.3) is 0 Å². The number of hydrogen-bond donors (Lipinski definition) is 1. The maximum atomic E-state index is 11.6. The molecule has 3 rings (SSSR count).